The quantitative estimate of drug-likeness (QED) is 0.612. The van der Waals surface area contributed by atoms with Crippen LogP contribution in [0.5, 0.6) is 0 Å². The summed E-state index contributed by atoms with van der Waals surface area (Å²) in [6.45, 7) is 5.74. The van der Waals surface area contributed by atoms with Crippen LogP contribution in [0.4, 0.5) is 0 Å². The van der Waals surface area contributed by atoms with Crippen molar-refractivity contribution in [2.45, 2.75) is 45.6 Å². The van der Waals surface area contributed by atoms with Crippen molar-refractivity contribution >= 4 is 11.8 Å². The van der Waals surface area contributed by atoms with Crippen LogP contribution in [-0.2, 0) is 0 Å². The van der Waals surface area contributed by atoms with Crippen LogP contribution in [0.15, 0.2) is 30.3 Å². The Morgan fingerprint density at radius 2 is 1.79 bits per heavy atom. The maximum absolute atomic E-state index is 3.74. The Morgan fingerprint density at radius 1 is 1.05 bits per heavy atom. The highest BCUT2D eigenvalue weighted by Gasteiger charge is 2.11. The van der Waals surface area contributed by atoms with Crippen LogP contribution in [0.25, 0.3) is 0 Å². The van der Waals surface area contributed by atoms with E-state index in [0.29, 0.717) is 6.04 Å². The van der Waals surface area contributed by atoms with E-state index >= 15 is 0 Å². The lowest BCUT2D eigenvalue weighted by atomic mass is 9.97. The van der Waals surface area contributed by atoms with Gasteiger partial charge in [0, 0.05) is 6.04 Å². The molecule has 0 aliphatic rings. The first-order valence-electron chi connectivity index (χ1n) is 7.51. The SMILES string of the molecule is CSCCCCCNC(CC(C)C)c1ccccc1. The molecule has 1 unspecified atom stereocenters. The van der Waals surface area contributed by atoms with E-state index in [2.05, 4.69) is 55.8 Å². The molecule has 1 rings (SSSR count). The van der Waals surface area contributed by atoms with Gasteiger partial charge in [0.2, 0.25) is 0 Å². The van der Waals surface area contributed by atoms with Gasteiger partial charge in [-0.05, 0) is 49.3 Å². The van der Waals surface area contributed by atoms with Crippen molar-refractivity contribution in [2.75, 3.05) is 18.6 Å². The molecule has 0 radical (unpaired) electrons. The van der Waals surface area contributed by atoms with E-state index in [-0.39, 0.29) is 0 Å². The number of hydrogen-bond donors (Lipinski definition) is 1. The van der Waals surface area contributed by atoms with Gasteiger partial charge in [-0.15, -0.1) is 0 Å². The van der Waals surface area contributed by atoms with Crippen molar-refractivity contribution < 1.29 is 0 Å². The van der Waals surface area contributed by atoms with E-state index in [0.717, 1.165) is 12.5 Å². The lowest BCUT2D eigenvalue weighted by molar-refractivity contribution is 0.424. The Balaban J connectivity index is 2.34. The molecule has 0 aliphatic carbocycles. The number of nitrogens with one attached hydrogen (secondary N) is 1. The van der Waals surface area contributed by atoms with Crippen molar-refractivity contribution in [1.82, 2.24) is 5.32 Å². The van der Waals surface area contributed by atoms with Gasteiger partial charge >= 0.3 is 0 Å². The second-order valence-corrected chi connectivity index (χ2v) is 6.59. The van der Waals surface area contributed by atoms with Crippen molar-refractivity contribution in [2.24, 2.45) is 5.92 Å². The first-order valence-corrected chi connectivity index (χ1v) is 8.90. The van der Waals surface area contributed by atoms with E-state index in [4.69, 9.17) is 0 Å². The van der Waals surface area contributed by atoms with Gasteiger partial charge in [0.05, 0.1) is 0 Å². The molecule has 0 spiro atoms. The first kappa shape index (κ1) is 16.6. The van der Waals surface area contributed by atoms with Gasteiger partial charge in [-0.1, -0.05) is 50.6 Å². The summed E-state index contributed by atoms with van der Waals surface area (Å²) < 4.78 is 0. The van der Waals surface area contributed by atoms with Crippen LogP contribution in [0.3, 0.4) is 0 Å². The molecular formula is C17H29NS. The minimum Gasteiger partial charge on any atom is -0.310 e. The molecule has 1 N–H and O–H groups in total. The monoisotopic (exact) mass is 279 g/mol. The highest BCUT2D eigenvalue weighted by Crippen LogP contribution is 2.21. The Bertz CT molecular complexity index is 310. The van der Waals surface area contributed by atoms with E-state index in [1.807, 2.05) is 11.8 Å². The Labute approximate surface area is 123 Å². The normalized spacial score (nSPS) is 12.8. The van der Waals surface area contributed by atoms with E-state index in [1.54, 1.807) is 0 Å². The van der Waals surface area contributed by atoms with Crippen LogP contribution in [-0.4, -0.2) is 18.6 Å². The highest BCUT2D eigenvalue weighted by atomic mass is 32.2. The second kappa shape index (κ2) is 10.3. The summed E-state index contributed by atoms with van der Waals surface area (Å²) >= 11 is 1.95. The zero-order valence-electron chi connectivity index (χ0n) is 12.7. The third-order valence-corrected chi connectivity index (χ3v) is 4.02. The molecule has 0 amide bonds. The molecule has 0 aliphatic heterocycles. The number of thioether (sulfide) groups is 1. The third-order valence-electron chi connectivity index (χ3n) is 3.33. The summed E-state index contributed by atoms with van der Waals surface area (Å²) in [6.07, 6.45) is 7.39. The van der Waals surface area contributed by atoms with E-state index in [9.17, 15) is 0 Å². The van der Waals surface area contributed by atoms with Gasteiger partial charge < -0.3 is 5.32 Å². The topological polar surface area (TPSA) is 12.0 Å². The summed E-state index contributed by atoms with van der Waals surface area (Å²) in [5.74, 6) is 2.03. The molecule has 2 heteroatoms. The van der Waals surface area contributed by atoms with Gasteiger partial charge in [0.25, 0.3) is 0 Å². The molecule has 0 aromatic heterocycles. The Kier molecular flexibility index (Phi) is 9.02. The molecule has 1 aromatic rings. The van der Waals surface area contributed by atoms with Crippen LogP contribution in [0, 0.1) is 5.92 Å². The van der Waals surface area contributed by atoms with Crippen LogP contribution in [0.2, 0.25) is 0 Å². The standard InChI is InChI=1S/C17H29NS/c1-15(2)14-17(16-10-6-4-7-11-16)18-12-8-5-9-13-19-3/h4,6-7,10-11,15,17-18H,5,8-9,12-14H2,1-3H3. The van der Waals surface area contributed by atoms with E-state index < -0.39 is 0 Å². The molecule has 1 aromatic carbocycles. The van der Waals surface area contributed by atoms with Gasteiger partial charge in [-0.2, -0.15) is 11.8 Å². The van der Waals surface area contributed by atoms with Gasteiger partial charge in [0.1, 0.15) is 0 Å². The molecule has 19 heavy (non-hydrogen) atoms. The predicted octanol–water partition coefficient (Wildman–Crippen LogP) is 4.90. The Morgan fingerprint density at radius 3 is 2.42 bits per heavy atom. The van der Waals surface area contributed by atoms with E-state index in [1.165, 1.54) is 37.0 Å². The van der Waals surface area contributed by atoms with Crippen LogP contribution in [0.1, 0.15) is 51.1 Å². The van der Waals surface area contributed by atoms with Gasteiger partial charge in [-0.25, -0.2) is 0 Å². The summed E-state index contributed by atoms with van der Waals surface area (Å²) in [7, 11) is 0. The van der Waals surface area contributed by atoms with Crippen LogP contribution >= 0.6 is 11.8 Å². The maximum Gasteiger partial charge on any atom is 0.0322 e. The third kappa shape index (κ3) is 7.64. The number of unbranched alkanes of at least 4 members (excludes halogenated alkanes) is 2. The zero-order chi connectivity index (χ0) is 13.9. The second-order valence-electron chi connectivity index (χ2n) is 5.60. The fraction of sp³-hybridized carbons (Fsp3) is 0.647. The number of benzene rings is 1. The smallest absolute Gasteiger partial charge is 0.0322 e. The van der Waals surface area contributed by atoms with Crippen molar-refractivity contribution in [1.29, 1.82) is 0 Å². The van der Waals surface area contributed by atoms with Crippen molar-refractivity contribution in [3.05, 3.63) is 35.9 Å². The zero-order valence-corrected chi connectivity index (χ0v) is 13.5. The summed E-state index contributed by atoms with van der Waals surface area (Å²) in [5, 5.41) is 3.74. The molecule has 0 saturated heterocycles. The predicted molar refractivity (Wildman–Crippen MR) is 88.9 cm³/mol. The largest absolute Gasteiger partial charge is 0.310 e. The maximum atomic E-state index is 3.74. The number of rotatable bonds is 10. The fourth-order valence-corrected chi connectivity index (χ4v) is 2.81. The lowest BCUT2D eigenvalue weighted by Gasteiger charge is -2.21. The summed E-state index contributed by atoms with van der Waals surface area (Å²) in [4.78, 5) is 0. The summed E-state index contributed by atoms with van der Waals surface area (Å²) in [5.41, 5.74) is 1.43. The average Bonchev–Trinajstić information content (AvgIpc) is 2.42. The van der Waals surface area contributed by atoms with Crippen molar-refractivity contribution in [3.8, 4) is 0 Å². The molecule has 0 fully saturated rings. The minimum atomic E-state index is 0.516. The Hall–Kier alpha value is -0.470. The minimum absolute atomic E-state index is 0.516. The van der Waals surface area contributed by atoms with Gasteiger partial charge in [-0.3, -0.25) is 0 Å². The first-order chi connectivity index (χ1) is 9.24. The van der Waals surface area contributed by atoms with Crippen molar-refractivity contribution in [3.63, 3.8) is 0 Å². The molecule has 1 atom stereocenters. The van der Waals surface area contributed by atoms with Gasteiger partial charge in [0.15, 0.2) is 0 Å². The molecule has 0 saturated carbocycles. The lowest BCUT2D eigenvalue weighted by Crippen LogP contribution is -2.24. The molecule has 1 nitrogen and oxygen atoms in total. The fourth-order valence-electron chi connectivity index (χ4n) is 2.32. The molecule has 0 bridgehead atoms. The highest BCUT2D eigenvalue weighted by molar-refractivity contribution is 7.98. The van der Waals surface area contributed by atoms with Crippen LogP contribution < -0.4 is 5.32 Å². The molecular weight excluding hydrogens is 250 g/mol. The summed E-state index contributed by atoms with van der Waals surface area (Å²) in [6, 6.07) is 11.4. The number of hydrogen-bond acceptors (Lipinski definition) is 2. The molecule has 108 valence electrons. The average molecular weight is 279 g/mol. The molecule has 0 heterocycles.